The van der Waals surface area contributed by atoms with E-state index in [1.165, 1.54) is 11.1 Å². The molecule has 0 aromatic heterocycles. The summed E-state index contributed by atoms with van der Waals surface area (Å²) in [6.45, 7) is 4.25. The number of carbonyl (C=O) groups is 1. The summed E-state index contributed by atoms with van der Waals surface area (Å²) in [4.78, 5) is 12.0. The van der Waals surface area contributed by atoms with Gasteiger partial charge in [0.1, 0.15) is 0 Å². The molecular formula is C18H21NOS. The summed E-state index contributed by atoms with van der Waals surface area (Å²) in [6, 6.07) is 18.3. The smallest absolute Gasteiger partial charge is 0.234 e. The molecular weight excluding hydrogens is 278 g/mol. The molecule has 2 aromatic rings. The van der Waals surface area contributed by atoms with E-state index in [9.17, 15) is 4.79 Å². The molecule has 2 aromatic carbocycles. The van der Waals surface area contributed by atoms with Crippen LogP contribution in [0.3, 0.4) is 0 Å². The van der Waals surface area contributed by atoms with Gasteiger partial charge < -0.3 is 5.32 Å². The molecule has 110 valence electrons. The lowest BCUT2D eigenvalue weighted by molar-refractivity contribution is -0.113. The summed E-state index contributed by atoms with van der Waals surface area (Å²) in [5.74, 6) is 0.512. The summed E-state index contributed by atoms with van der Waals surface area (Å²) in [7, 11) is 0. The number of nitrogens with one attached hydrogen (secondary N) is 1. The van der Waals surface area contributed by atoms with E-state index in [4.69, 9.17) is 0 Å². The number of aryl methyl sites for hydroxylation is 1. The quantitative estimate of drug-likeness (QED) is 0.839. The Labute approximate surface area is 131 Å². The third kappa shape index (κ3) is 4.94. The standard InChI is InChI=1S/C18H21NOS/c1-3-15-9-11-17(12-10-15)19-18(20)13-21-14(2)16-7-5-4-6-8-16/h4-12,14H,3,13H2,1-2H3,(H,19,20). The number of benzene rings is 2. The molecule has 0 aliphatic rings. The highest BCUT2D eigenvalue weighted by Crippen LogP contribution is 2.27. The summed E-state index contributed by atoms with van der Waals surface area (Å²) in [5, 5.41) is 3.26. The molecule has 0 saturated heterocycles. The predicted octanol–water partition coefficient (Wildman–Crippen LogP) is 4.68. The van der Waals surface area contributed by atoms with Gasteiger partial charge in [0.25, 0.3) is 0 Å². The minimum atomic E-state index is 0.0482. The van der Waals surface area contributed by atoms with E-state index in [1.54, 1.807) is 11.8 Å². The van der Waals surface area contributed by atoms with Crippen LogP contribution in [0.5, 0.6) is 0 Å². The monoisotopic (exact) mass is 299 g/mol. The molecule has 2 nitrogen and oxygen atoms in total. The number of carbonyl (C=O) groups excluding carboxylic acids is 1. The average Bonchev–Trinajstić information content (AvgIpc) is 2.54. The molecule has 0 radical (unpaired) electrons. The topological polar surface area (TPSA) is 29.1 Å². The Balaban J connectivity index is 1.81. The van der Waals surface area contributed by atoms with Crippen molar-refractivity contribution in [2.75, 3.05) is 11.1 Å². The Morgan fingerprint density at radius 3 is 2.38 bits per heavy atom. The van der Waals surface area contributed by atoms with Gasteiger partial charge in [-0.3, -0.25) is 4.79 Å². The van der Waals surface area contributed by atoms with Crippen molar-refractivity contribution in [3.05, 3.63) is 65.7 Å². The molecule has 0 saturated carbocycles. The van der Waals surface area contributed by atoms with E-state index in [-0.39, 0.29) is 5.91 Å². The maximum atomic E-state index is 12.0. The van der Waals surface area contributed by atoms with Crippen LogP contribution in [0.25, 0.3) is 0 Å². The van der Waals surface area contributed by atoms with Gasteiger partial charge in [-0.2, -0.15) is 0 Å². The highest BCUT2D eigenvalue weighted by molar-refractivity contribution is 8.00. The Bertz CT molecular complexity index is 566. The summed E-state index contributed by atoms with van der Waals surface area (Å²) < 4.78 is 0. The van der Waals surface area contributed by atoms with Crippen molar-refractivity contribution in [1.82, 2.24) is 0 Å². The van der Waals surface area contributed by atoms with E-state index in [2.05, 4.69) is 43.4 Å². The lowest BCUT2D eigenvalue weighted by atomic mass is 10.1. The fourth-order valence-electron chi connectivity index (χ4n) is 2.04. The van der Waals surface area contributed by atoms with Crippen LogP contribution < -0.4 is 5.32 Å². The predicted molar refractivity (Wildman–Crippen MR) is 91.8 cm³/mol. The van der Waals surface area contributed by atoms with Gasteiger partial charge in [0, 0.05) is 10.9 Å². The second-order valence-electron chi connectivity index (χ2n) is 4.96. The van der Waals surface area contributed by atoms with Crippen molar-refractivity contribution < 1.29 is 4.79 Å². The zero-order valence-corrected chi connectivity index (χ0v) is 13.3. The second-order valence-corrected chi connectivity index (χ2v) is 6.29. The molecule has 0 bridgehead atoms. The van der Waals surface area contributed by atoms with Gasteiger partial charge in [-0.1, -0.05) is 49.4 Å². The Kier molecular flexibility index (Phi) is 5.88. The highest BCUT2D eigenvalue weighted by Gasteiger charge is 2.09. The summed E-state index contributed by atoms with van der Waals surface area (Å²) in [5.41, 5.74) is 3.40. The fourth-order valence-corrected chi connectivity index (χ4v) is 2.86. The first kappa shape index (κ1) is 15.6. The van der Waals surface area contributed by atoms with Crippen molar-refractivity contribution in [3.8, 4) is 0 Å². The second kappa shape index (κ2) is 7.89. The number of thioether (sulfide) groups is 1. The SMILES string of the molecule is CCc1ccc(NC(=O)CSC(C)c2ccccc2)cc1. The fraction of sp³-hybridized carbons (Fsp3) is 0.278. The zero-order valence-electron chi connectivity index (χ0n) is 12.5. The lowest BCUT2D eigenvalue weighted by Crippen LogP contribution is -2.14. The van der Waals surface area contributed by atoms with E-state index in [0.717, 1.165) is 12.1 Å². The van der Waals surface area contributed by atoms with Crippen LogP contribution in [0.4, 0.5) is 5.69 Å². The van der Waals surface area contributed by atoms with Crippen LogP contribution in [0.2, 0.25) is 0 Å². The maximum Gasteiger partial charge on any atom is 0.234 e. The molecule has 2 rings (SSSR count). The van der Waals surface area contributed by atoms with Gasteiger partial charge in [-0.15, -0.1) is 11.8 Å². The van der Waals surface area contributed by atoms with Crippen LogP contribution in [-0.2, 0) is 11.2 Å². The molecule has 0 aliphatic heterocycles. The molecule has 0 heterocycles. The van der Waals surface area contributed by atoms with Gasteiger partial charge in [0.2, 0.25) is 5.91 Å². The summed E-state index contributed by atoms with van der Waals surface area (Å²) >= 11 is 1.65. The van der Waals surface area contributed by atoms with Crippen molar-refractivity contribution in [2.24, 2.45) is 0 Å². The van der Waals surface area contributed by atoms with Crippen molar-refractivity contribution in [3.63, 3.8) is 0 Å². The molecule has 1 unspecified atom stereocenters. The highest BCUT2D eigenvalue weighted by atomic mass is 32.2. The number of amides is 1. The molecule has 0 aliphatic carbocycles. The van der Waals surface area contributed by atoms with Crippen LogP contribution in [-0.4, -0.2) is 11.7 Å². The van der Waals surface area contributed by atoms with Crippen molar-refractivity contribution in [2.45, 2.75) is 25.5 Å². The van der Waals surface area contributed by atoms with Crippen LogP contribution in [0.1, 0.15) is 30.2 Å². The van der Waals surface area contributed by atoms with Gasteiger partial charge >= 0.3 is 0 Å². The first-order chi connectivity index (χ1) is 10.2. The molecule has 1 N–H and O–H groups in total. The zero-order chi connectivity index (χ0) is 15.1. The van der Waals surface area contributed by atoms with Gasteiger partial charge in [-0.25, -0.2) is 0 Å². The minimum Gasteiger partial charge on any atom is -0.325 e. The summed E-state index contributed by atoms with van der Waals surface area (Å²) in [6.07, 6.45) is 1.01. The molecule has 3 heteroatoms. The molecule has 0 spiro atoms. The van der Waals surface area contributed by atoms with Gasteiger partial charge in [-0.05, 0) is 36.6 Å². The van der Waals surface area contributed by atoms with Crippen molar-refractivity contribution in [1.29, 1.82) is 0 Å². The molecule has 1 amide bonds. The van der Waals surface area contributed by atoms with E-state index in [0.29, 0.717) is 11.0 Å². The molecule has 1 atom stereocenters. The maximum absolute atomic E-state index is 12.0. The van der Waals surface area contributed by atoms with Crippen LogP contribution in [0.15, 0.2) is 54.6 Å². The van der Waals surface area contributed by atoms with E-state index in [1.807, 2.05) is 30.3 Å². The van der Waals surface area contributed by atoms with Crippen LogP contribution >= 0.6 is 11.8 Å². The third-order valence-electron chi connectivity index (χ3n) is 3.38. The largest absolute Gasteiger partial charge is 0.325 e. The normalized spacial score (nSPS) is 11.9. The van der Waals surface area contributed by atoms with E-state index < -0.39 is 0 Å². The molecule has 0 fully saturated rings. The first-order valence-electron chi connectivity index (χ1n) is 7.24. The number of anilines is 1. The number of hydrogen-bond donors (Lipinski definition) is 1. The number of hydrogen-bond acceptors (Lipinski definition) is 2. The van der Waals surface area contributed by atoms with Crippen LogP contribution in [0, 0.1) is 0 Å². The number of rotatable bonds is 6. The lowest BCUT2D eigenvalue weighted by Gasteiger charge is -2.11. The van der Waals surface area contributed by atoms with Crippen molar-refractivity contribution >= 4 is 23.4 Å². The minimum absolute atomic E-state index is 0.0482. The van der Waals surface area contributed by atoms with Gasteiger partial charge in [0.05, 0.1) is 5.75 Å². The average molecular weight is 299 g/mol. The first-order valence-corrected chi connectivity index (χ1v) is 8.29. The Hall–Kier alpha value is -1.74. The Morgan fingerprint density at radius 1 is 1.10 bits per heavy atom. The van der Waals surface area contributed by atoms with E-state index >= 15 is 0 Å². The Morgan fingerprint density at radius 2 is 1.76 bits per heavy atom. The van der Waals surface area contributed by atoms with Gasteiger partial charge in [0.15, 0.2) is 0 Å². The third-order valence-corrected chi connectivity index (χ3v) is 4.58. The molecule has 21 heavy (non-hydrogen) atoms.